The van der Waals surface area contributed by atoms with Crippen LogP contribution in [-0.2, 0) is 9.84 Å². The lowest BCUT2D eigenvalue weighted by atomic mass is 10.2. The number of hydrogen-bond donors (Lipinski definition) is 1. The molecule has 0 aliphatic carbocycles. The number of rotatable bonds is 2. The van der Waals surface area contributed by atoms with E-state index in [2.05, 4.69) is 5.32 Å². The van der Waals surface area contributed by atoms with Crippen LogP contribution in [0.3, 0.4) is 0 Å². The van der Waals surface area contributed by atoms with Crippen molar-refractivity contribution in [3.8, 4) is 0 Å². The first-order valence-electron chi connectivity index (χ1n) is 5.34. The number of amides is 2. The fourth-order valence-corrected chi connectivity index (χ4v) is 4.00. The largest absolute Gasteiger partial charge is 0.338 e. The van der Waals surface area contributed by atoms with Crippen LogP contribution in [0, 0.1) is 0 Å². The average molecular weight is 232 g/mol. The second kappa shape index (κ2) is 4.00. The van der Waals surface area contributed by atoms with Gasteiger partial charge in [-0.15, -0.1) is 0 Å². The molecule has 1 N–H and O–H groups in total. The zero-order valence-electron chi connectivity index (χ0n) is 8.61. The van der Waals surface area contributed by atoms with E-state index in [9.17, 15) is 13.2 Å². The van der Waals surface area contributed by atoms with Crippen LogP contribution in [0.5, 0.6) is 0 Å². The summed E-state index contributed by atoms with van der Waals surface area (Å²) in [6.45, 7) is 1.75. The first-order chi connectivity index (χ1) is 7.09. The van der Waals surface area contributed by atoms with Gasteiger partial charge < -0.3 is 10.2 Å². The third-order valence-corrected chi connectivity index (χ3v) is 5.31. The van der Waals surface area contributed by atoms with Crippen molar-refractivity contribution >= 4 is 15.9 Å². The van der Waals surface area contributed by atoms with Crippen molar-refractivity contribution in [2.45, 2.75) is 24.5 Å². The van der Waals surface area contributed by atoms with Gasteiger partial charge in [-0.1, -0.05) is 0 Å². The first kappa shape index (κ1) is 10.7. The molecule has 15 heavy (non-hydrogen) atoms. The molecule has 2 aliphatic heterocycles. The van der Waals surface area contributed by atoms with Gasteiger partial charge in [0.05, 0.1) is 11.0 Å². The van der Waals surface area contributed by atoms with Gasteiger partial charge in [0, 0.05) is 19.6 Å². The Morgan fingerprint density at radius 3 is 2.80 bits per heavy atom. The third kappa shape index (κ3) is 2.25. The molecule has 0 bridgehead atoms. The molecule has 2 saturated heterocycles. The molecule has 2 aliphatic rings. The van der Waals surface area contributed by atoms with Crippen molar-refractivity contribution < 1.29 is 13.2 Å². The minimum absolute atomic E-state index is 0.122. The Morgan fingerprint density at radius 1 is 1.40 bits per heavy atom. The highest BCUT2D eigenvalue weighted by Gasteiger charge is 2.34. The van der Waals surface area contributed by atoms with Crippen molar-refractivity contribution in [3.63, 3.8) is 0 Å². The van der Waals surface area contributed by atoms with Gasteiger partial charge in [-0.2, -0.15) is 0 Å². The third-order valence-electron chi connectivity index (χ3n) is 3.06. The molecule has 0 aromatic rings. The molecule has 0 radical (unpaired) electrons. The topological polar surface area (TPSA) is 66.5 Å². The normalized spacial score (nSPS) is 30.3. The molecule has 2 amide bonds. The second-order valence-corrected chi connectivity index (χ2v) is 6.56. The summed E-state index contributed by atoms with van der Waals surface area (Å²) in [4.78, 5) is 13.0. The van der Waals surface area contributed by atoms with Crippen molar-refractivity contribution in [1.82, 2.24) is 10.2 Å². The number of sulfone groups is 1. The van der Waals surface area contributed by atoms with E-state index in [4.69, 9.17) is 0 Å². The molecular weight excluding hydrogens is 216 g/mol. The van der Waals surface area contributed by atoms with Crippen molar-refractivity contribution in [2.75, 3.05) is 25.4 Å². The maximum absolute atomic E-state index is 11.6. The van der Waals surface area contributed by atoms with E-state index in [1.807, 2.05) is 0 Å². The summed E-state index contributed by atoms with van der Waals surface area (Å²) in [6, 6.07) is -0.122. The highest BCUT2D eigenvalue weighted by molar-refractivity contribution is 7.92. The lowest BCUT2D eigenvalue weighted by Crippen LogP contribution is -2.49. The molecule has 86 valence electrons. The molecule has 2 rings (SSSR count). The molecule has 6 heteroatoms. The zero-order valence-corrected chi connectivity index (χ0v) is 9.42. The van der Waals surface area contributed by atoms with Crippen molar-refractivity contribution in [2.24, 2.45) is 0 Å². The first-order valence-corrected chi connectivity index (χ1v) is 7.05. The predicted molar refractivity (Wildman–Crippen MR) is 56.4 cm³/mol. The van der Waals surface area contributed by atoms with Crippen LogP contribution >= 0.6 is 0 Å². The van der Waals surface area contributed by atoms with Gasteiger partial charge in [0.25, 0.3) is 0 Å². The van der Waals surface area contributed by atoms with Crippen molar-refractivity contribution in [3.05, 3.63) is 0 Å². The maximum atomic E-state index is 11.6. The zero-order chi connectivity index (χ0) is 10.9. The molecule has 2 heterocycles. The monoisotopic (exact) mass is 232 g/mol. The van der Waals surface area contributed by atoms with E-state index in [0.717, 1.165) is 12.8 Å². The Balaban J connectivity index is 1.99. The molecule has 1 atom stereocenters. The Labute approximate surface area is 89.7 Å². The van der Waals surface area contributed by atoms with Gasteiger partial charge in [0.15, 0.2) is 9.84 Å². The molecular formula is C9H16N2O3S. The molecule has 1 unspecified atom stereocenters. The van der Waals surface area contributed by atoms with Crippen LogP contribution in [0.4, 0.5) is 4.79 Å². The summed E-state index contributed by atoms with van der Waals surface area (Å²) < 4.78 is 23.2. The fraction of sp³-hybridized carbons (Fsp3) is 0.889. The smallest absolute Gasteiger partial charge is 0.317 e. The predicted octanol–water partition coefficient (Wildman–Crippen LogP) is -0.0211. The number of carbonyl (C=O) groups excluding carboxylic acids is 1. The molecule has 0 saturated carbocycles. The average Bonchev–Trinajstić information content (AvgIpc) is 2.50. The van der Waals surface area contributed by atoms with Crippen molar-refractivity contribution in [1.29, 1.82) is 0 Å². The number of nitrogens with one attached hydrogen (secondary N) is 1. The summed E-state index contributed by atoms with van der Waals surface area (Å²) in [5.41, 5.74) is 0. The van der Waals surface area contributed by atoms with Gasteiger partial charge in [0.1, 0.15) is 0 Å². The summed E-state index contributed by atoms with van der Waals surface area (Å²) in [7, 11) is -2.93. The van der Waals surface area contributed by atoms with E-state index in [1.165, 1.54) is 0 Å². The van der Waals surface area contributed by atoms with E-state index >= 15 is 0 Å². The minimum Gasteiger partial charge on any atom is -0.338 e. The van der Waals surface area contributed by atoms with E-state index in [0.29, 0.717) is 26.1 Å². The van der Waals surface area contributed by atoms with Gasteiger partial charge in [-0.25, -0.2) is 13.2 Å². The fourth-order valence-electron chi connectivity index (χ4n) is 2.16. The standard InChI is InChI=1S/C9H16N2O3S/c12-9-10-4-2-5-11(9)7-8-3-1-6-15(8,13)14/h8H,1-7H2,(H,10,12). The van der Waals surface area contributed by atoms with E-state index < -0.39 is 9.84 Å². The summed E-state index contributed by atoms with van der Waals surface area (Å²) in [6.07, 6.45) is 2.34. The Morgan fingerprint density at radius 2 is 2.20 bits per heavy atom. The summed E-state index contributed by atoms with van der Waals surface area (Å²) >= 11 is 0. The van der Waals surface area contributed by atoms with Gasteiger partial charge in [-0.3, -0.25) is 0 Å². The van der Waals surface area contributed by atoms with Crippen LogP contribution in [0.15, 0.2) is 0 Å². The van der Waals surface area contributed by atoms with Gasteiger partial charge in [0.2, 0.25) is 0 Å². The lowest BCUT2D eigenvalue weighted by Gasteiger charge is -2.29. The Bertz CT molecular complexity index is 352. The Hall–Kier alpha value is -0.780. The number of urea groups is 1. The molecule has 0 aromatic heterocycles. The summed E-state index contributed by atoms with van der Waals surface area (Å²) in [5.74, 6) is 0.285. The van der Waals surface area contributed by atoms with E-state index in [1.54, 1.807) is 4.90 Å². The number of nitrogens with zero attached hydrogens (tertiary/aromatic N) is 1. The minimum atomic E-state index is -2.93. The summed E-state index contributed by atoms with van der Waals surface area (Å²) in [5, 5.41) is 2.39. The molecule has 0 aromatic carbocycles. The Kier molecular flexibility index (Phi) is 2.86. The van der Waals surface area contributed by atoms with Crippen LogP contribution in [-0.4, -0.2) is 50.0 Å². The highest BCUT2D eigenvalue weighted by atomic mass is 32.2. The number of hydrogen-bond acceptors (Lipinski definition) is 3. The van der Waals surface area contributed by atoms with Crippen LogP contribution < -0.4 is 5.32 Å². The molecule has 2 fully saturated rings. The second-order valence-electron chi connectivity index (χ2n) is 4.16. The van der Waals surface area contributed by atoms with Gasteiger partial charge in [-0.05, 0) is 19.3 Å². The van der Waals surface area contributed by atoms with Crippen LogP contribution in [0.1, 0.15) is 19.3 Å². The van der Waals surface area contributed by atoms with Crippen LogP contribution in [0.2, 0.25) is 0 Å². The number of carbonyl (C=O) groups is 1. The SMILES string of the molecule is O=C1NCCCN1CC1CCCS1(=O)=O. The van der Waals surface area contributed by atoms with E-state index in [-0.39, 0.29) is 17.0 Å². The van der Waals surface area contributed by atoms with Gasteiger partial charge >= 0.3 is 6.03 Å². The molecule has 0 spiro atoms. The highest BCUT2D eigenvalue weighted by Crippen LogP contribution is 2.21. The molecule has 5 nitrogen and oxygen atoms in total. The van der Waals surface area contributed by atoms with Crippen LogP contribution in [0.25, 0.3) is 0 Å². The lowest BCUT2D eigenvalue weighted by molar-refractivity contribution is 0.186. The quantitative estimate of drug-likeness (QED) is 0.727. The maximum Gasteiger partial charge on any atom is 0.317 e.